The second-order valence-electron chi connectivity index (χ2n) is 12.2. The molecule has 2 atom stereocenters. The zero-order chi connectivity index (χ0) is 36.5. The number of halogens is 3. The number of methoxy groups -OCH3 is 2. The number of rotatable bonds is 14. The Morgan fingerprint density at radius 1 is 0.941 bits per heavy atom. The topological polar surface area (TPSA) is 113 Å². The number of aromatic nitrogens is 1. The molecule has 10 nitrogen and oxygen atoms in total. The van der Waals surface area contributed by atoms with Crippen LogP contribution >= 0.6 is 23.2 Å². The van der Waals surface area contributed by atoms with Crippen LogP contribution in [-0.2, 0) is 20.7 Å². The second-order valence-corrected chi connectivity index (χ2v) is 13.0. The van der Waals surface area contributed by atoms with Gasteiger partial charge in [-0.05, 0) is 98.1 Å². The molecule has 0 bridgehead atoms. The average Bonchev–Trinajstić information content (AvgIpc) is 3.14. The molecule has 1 N–H and O–H groups in total. The molecule has 2 heterocycles. The first-order valence-corrected chi connectivity index (χ1v) is 17.3. The Hall–Kier alpha value is -4.58. The van der Waals surface area contributed by atoms with E-state index in [-0.39, 0.29) is 27.9 Å². The summed E-state index contributed by atoms with van der Waals surface area (Å²) in [7, 11) is 3.00. The van der Waals surface area contributed by atoms with Crippen molar-refractivity contribution >= 4 is 40.8 Å². The zero-order valence-corrected chi connectivity index (χ0v) is 30.1. The maximum atomic E-state index is 13.8. The van der Waals surface area contributed by atoms with Crippen molar-refractivity contribution in [3.63, 3.8) is 0 Å². The highest BCUT2D eigenvalue weighted by atomic mass is 35.5. The lowest BCUT2D eigenvalue weighted by molar-refractivity contribution is -0.605. The van der Waals surface area contributed by atoms with E-state index in [0.29, 0.717) is 45.2 Å². The van der Waals surface area contributed by atoms with E-state index in [1.54, 1.807) is 42.5 Å². The summed E-state index contributed by atoms with van der Waals surface area (Å²) in [5, 5.41) is 15.3. The van der Waals surface area contributed by atoms with Gasteiger partial charge in [0.15, 0.2) is 29.9 Å². The molecular weight excluding hydrogens is 700 g/mol. The van der Waals surface area contributed by atoms with E-state index < -0.39 is 29.9 Å². The number of ether oxygens (including phenoxy) is 4. The Morgan fingerprint density at radius 2 is 1.57 bits per heavy atom. The molecule has 3 aromatic carbocycles. The van der Waals surface area contributed by atoms with Crippen LogP contribution in [0.4, 0.5) is 10.1 Å². The summed E-state index contributed by atoms with van der Waals surface area (Å²) in [6.07, 6.45) is 3.41. The molecule has 0 spiro atoms. The van der Waals surface area contributed by atoms with Crippen LogP contribution < -0.4 is 19.5 Å². The van der Waals surface area contributed by atoms with Gasteiger partial charge in [-0.25, -0.2) is 14.0 Å². The summed E-state index contributed by atoms with van der Waals surface area (Å²) in [5.74, 6) is -0.374. The molecule has 51 heavy (non-hydrogen) atoms. The highest BCUT2D eigenvalue weighted by molar-refractivity contribution is 6.35. The molecule has 0 aliphatic carbocycles. The van der Waals surface area contributed by atoms with Crippen LogP contribution in [0.1, 0.15) is 59.0 Å². The van der Waals surface area contributed by atoms with E-state index in [1.807, 2.05) is 0 Å². The molecule has 1 saturated heterocycles. The molecular formula is C38H40Cl2FN3O7. The Morgan fingerprint density at radius 3 is 2.18 bits per heavy atom. The first kappa shape index (κ1) is 37.7. The summed E-state index contributed by atoms with van der Waals surface area (Å²) in [5.41, 5.74) is 2.28. The number of pyridine rings is 1. The Kier molecular flexibility index (Phi) is 13.0. The quantitative estimate of drug-likeness (QED) is 0.0806. The van der Waals surface area contributed by atoms with Crippen LogP contribution in [0.25, 0.3) is 0 Å². The average molecular weight is 741 g/mol. The Balaban J connectivity index is 1.33. The molecule has 0 saturated carbocycles. The fourth-order valence-electron chi connectivity index (χ4n) is 5.94. The number of nitrogens with one attached hydrogen (secondary N) is 1. The van der Waals surface area contributed by atoms with Crippen molar-refractivity contribution in [2.45, 2.75) is 38.3 Å². The summed E-state index contributed by atoms with van der Waals surface area (Å²) in [6.45, 7) is 5.38. The maximum Gasteiger partial charge on any atom is 0.338 e. The summed E-state index contributed by atoms with van der Waals surface area (Å²) in [4.78, 5) is 29.3. The number of anilines is 1. The van der Waals surface area contributed by atoms with Crippen molar-refractivity contribution in [1.82, 2.24) is 4.90 Å². The number of piperidine rings is 1. The van der Waals surface area contributed by atoms with Crippen molar-refractivity contribution in [1.29, 1.82) is 0 Å². The van der Waals surface area contributed by atoms with Gasteiger partial charge in [0.05, 0.1) is 26.4 Å². The molecule has 270 valence electrons. The molecule has 1 aromatic heterocycles. The number of likely N-dealkylation sites (tertiary alicyclic amines) is 1. The summed E-state index contributed by atoms with van der Waals surface area (Å²) < 4.78 is 36.9. The number of carbonyl (C=O) groups excluding carboxylic acids is 2. The van der Waals surface area contributed by atoms with Crippen molar-refractivity contribution < 1.29 is 37.7 Å². The van der Waals surface area contributed by atoms with Crippen molar-refractivity contribution in [2.24, 2.45) is 5.92 Å². The molecule has 1 aliphatic rings. The van der Waals surface area contributed by atoms with Gasteiger partial charge in [0.25, 0.3) is 0 Å². The maximum absolute atomic E-state index is 13.8. The SMILES string of the molecule is CCN1CCC(COC(=O)C(Nc2ccc(C(=O)OC(Cc3c(Cl)c[n+]([O-])cc3Cl)c3ccc(OC)c(OC)c3)cc2)c2ccc(F)cc2)CC1. The lowest BCUT2D eigenvalue weighted by Crippen LogP contribution is -2.35. The van der Waals surface area contributed by atoms with Crippen molar-refractivity contribution in [3.05, 3.63) is 122 Å². The largest absolute Gasteiger partial charge is 0.619 e. The van der Waals surface area contributed by atoms with E-state index in [1.165, 1.54) is 50.9 Å². The molecule has 2 unspecified atom stereocenters. The van der Waals surface area contributed by atoms with Crippen molar-refractivity contribution in [3.8, 4) is 11.5 Å². The third-order valence-electron chi connectivity index (χ3n) is 8.96. The van der Waals surface area contributed by atoms with E-state index in [4.69, 9.17) is 42.1 Å². The molecule has 13 heteroatoms. The van der Waals surface area contributed by atoms with Crippen LogP contribution in [0.2, 0.25) is 10.0 Å². The van der Waals surface area contributed by atoms with Gasteiger partial charge in [0.2, 0.25) is 0 Å². The minimum absolute atomic E-state index is 0.0541. The Bertz CT molecular complexity index is 1780. The minimum atomic E-state index is -0.915. The predicted molar refractivity (Wildman–Crippen MR) is 192 cm³/mol. The third kappa shape index (κ3) is 9.81. The number of benzene rings is 3. The molecule has 4 aromatic rings. The van der Waals surface area contributed by atoms with E-state index in [9.17, 15) is 19.2 Å². The van der Waals surface area contributed by atoms with Gasteiger partial charge < -0.3 is 34.4 Å². The monoisotopic (exact) mass is 739 g/mol. The number of hydrogen-bond donors (Lipinski definition) is 1. The van der Waals surface area contributed by atoms with Crippen LogP contribution in [0.5, 0.6) is 11.5 Å². The van der Waals surface area contributed by atoms with E-state index >= 15 is 0 Å². The van der Waals surface area contributed by atoms with E-state index in [2.05, 4.69) is 17.1 Å². The van der Waals surface area contributed by atoms with Gasteiger partial charge in [0, 0.05) is 17.7 Å². The standard InChI is InChI=1S/C38H40Cl2FN3O7/c1-4-43-17-15-24(16-18-43)23-50-38(46)36(25-5-10-28(41)11-6-25)42-29-12-7-26(8-13-29)37(45)51-34(20-30-31(39)21-44(47)22-32(30)40)27-9-14-33(48-2)35(19-27)49-3/h5-14,19,21-22,24,34,36,42H,4,15-18,20,23H2,1-3H3. The summed E-state index contributed by atoms with van der Waals surface area (Å²) in [6, 6.07) is 16.3. The lowest BCUT2D eigenvalue weighted by Gasteiger charge is -2.31. The molecule has 5 rings (SSSR count). The Labute approximate surface area is 306 Å². The molecule has 1 fully saturated rings. The minimum Gasteiger partial charge on any atom is -0.619 e. The van der Waals surface area contributed by atoms with Gasteiger partial charge >= 0.3 is 11.9 Å². The fraction of sp³-hybridized carbons (Fsp3) is 0.342. The first-order chi connectivity index (χ1) is 24.6. The van der Waals surface area contributed by atoms with Crippen LogP contribution in [0, 0.1) is 16.9 Å². The number of esters is 2. The summed E-state index contributed by atoms with van der Waals surface area (Å²) >= 11 is 12.8. The third-order valence-corrected chi connectivity index (χ3v) is 9.61. The van der Waals surface area contributed by atoms with Gasteiger partial charge in [-0.1, -0.05) is 48.3 Å². The smallest absolute Gasteiger partial charge is 0.338 e. The second kappa shape index (κ2) is 17.6. The lowest BCUT2D eigenvalue weighted by atomic mass is 9.98. The predicted octanol–water partition coefficient (Wildman–Crippen LogP) is 7.35. The highest BCUT2D eigenvalue weighted by Crippen LogP contribution is 2.35. The highest BCUT2D eigenvalue weighted by Gasteiger charge is 2.27. The fourth-order valence-corrected chi connectivity index (χ4v) is 6.54. The molecule has 0 amide bonds. The van der Waals surface area contributed by atoms with Gasteiger partial charge in [-0.15, -0.1) is 0 Å². The zero-order valence-electron chi connectivity index (χ0n) is 28.6. The number of nitrogens with zero attached hydrogens (tertiary/aromatic N) is 2. The van der Waals surface area contributed by atoms with E-state index in [0.717, 1.165) is 32.5 Å². The molecule has 0 radical (unpaired) electrons. The van der Waals surface area contributed by atoms with Crippen molar-refractivity contribution in [2.75, 3.05) is 45.8 Å². The van der Waals surface area contributed by atoms with Crippen LogP contribution in [0.3, 0.4) is 0 Å². The first-order valence-electron chi connectivity index (χ1n) is 16.6. The number of hydrogen-bond acceptors (Lipinski definition) is 9. The van der Waals surface area contributed by atoms with Gasteiger partial charge in [-0.3, -0.25) is 0 Å². The molecule has 1 aliphatic heterocycles. The van der Waals surface area contributed by atoms with Crippen LogP contribution in [0.15, 0.2) is 79.1 Å². The van der Waals surface area contributed by atoms with Gasteiger partial charge in [0.1, 0.15) is 22.0 Å². The normalized spacial score (nSPS) is 14.7. The number of carbonyl (C=O) groups is 2. The van der Waals surface area contributed by atoms with Gasteiger partial charge in [-0.2, -0.15) is 4.73 Å². The van der Waals surface area contributed by atoms with Crippen LogP contribution in [-0.4, -0.2) is 57.3 Å².